The summed E-state index contributed by atoms with van der Waals surface area (Å²) in [5.41, 5.74) is 1.13. The fourth-order valence-electron chi connectivity index (χ4n) is 1.59. The fourth-order valence-corrected chi connectivity index (χ4v) is 2.45. The molecule has 1 N–H and O–H groups in total. The van der Waals surface area contributed by atoms with E-state index >= 15 is 0 Å². The monoisotopic (exact) mass is 240 g/mol. The van der Waals surface area contributed by atoms with Crippen LogP contribution in [0, 0.1) is 0 Å². The van der Waals surface area contributed by atoms with E-state index in [1.54, 1.807) is 0 Å². The van der Waals surface area contributed by atoms with Gasteiger partial charge in [0.15, 0.2) is 0 Å². The van der Waals surface area contributed by atoms with Crippen LogP contribution in [0.4, 0.5) is 0 Å². The summed E-state index contributed by atoms with van der Waals surface area (Å²) in [4.78, 5) is 10.6. The minimum atomic E-state index is -0.783. The number of carboxylic acid groups (broad SMARTS) is 1. The zero-order valence-electron chi connectivity index (χ0n) is 9.51. The van der Waals surface area contributed by atoms with Crippen molar-refractivity contribution in [3.63, 3.8) is 0 Å². The first-order valence-electron chi connectivity index (χ1n) is 5.52. The van der Waals surface area contributed by atoms with Gasteiger partial charge in [-0.25, -0.2) is 0 Å². The Hall–Kier alpha value is -0.970. The molecule has 0 aliphatic heterocycles. The lowest BCUT2D eigenvalue weighted by atomic mass is 10.3. The highest BCUT2D eigenvalue weighted by atomic mass is 32.2. The summed E-state index contributed by atoms with van der Waals surface area (Å²) >= 11 is 1.35. The summed E-state index contributed by atoms with van der Waals surface area (Å²) < 4.78 is 1.93. The molecule has 1 aliphatic carbocycles. The van der Waals surface area contributed by atoms with Crippen LogP contribution in [0.25, 0.3) is 0 Å². The van der Waals surface area contributed by atoms with Gasteiger partial charge in [0.1, 0.15) is 0 Å². The van der Waals surface area contributed by atoms with E-state index in [9.17, 15) is 4.79 Å². The average Bonchev–Trinajstić information content (AvgIpc) is 2.95. The molecule has 0 spiro atoms. The molecule has 1 heterocycles. The summed E-state index contributed by atoms with van der Waals surface area (Å²) in [5, 5.41) is 14.2. The van der Waals surface area contributed by atoms with E-state index in [0.717, 1.165) is 10.7 Å². The molecule has 0 amide bonds. The SMILES string of the molecule is CC(C)n1nc(C2CC2)cc1SCC(=O)O. The third-order valence-electron chi connectivity index (χ3n) is 2.55. The summed E-state index contributed by atoms with van der Waals surface area (Å²) in [6.45, 7) is 4.13. The summed E-state index contributed by atoms with van der Waals surface area (Å²) in [6, 6.07) is 2.33. The zero-order valence-corrected chi connectivity index (χ0v) is 10.3. The number of hydrogen-bond acceptors (Lipinski definition) is 3. The van der Waals surface area contributed by atoms with Gasteiger partial charge in [-0.1, -0.05) is 11.8 Å². The fraction of sp³-hybridized carbons (Fsp3) is 0.636. The first kappa shape index (κ1) is 11.5. The van der Waals surface area contributed by atoms with Gasteiger partial charge in [0.05, 0.1) is 16.5 Å². The van der Waals surface area contributed by atoms with Crippen LogP contribution in [0.1, 0.15) is 44.3 Å². The average molecular weight is 240 g/mol. The van der Waals surface area contributed by atoms with Crippen molar-refractivity contribution in [1.29, 1.82) is 0 Å². The van der Waals surface area contributed by atoms with E-state index in [1.165, 1.54) is 24.6 Å². The Balaban J connectivity index is 2.16. The van der Waals surface area contributed by atoms with Crippen LogP contribution >= 0.6 is 11.8 Å². The van der Waals surface area contributed by atoms with Crippen molar-refractivity contribution < 1.29 is 9.90 Å². The van der Waals surface area contributed by atoms with Gasteiger partial charge in [0, 0.05) is 12.0 Å². The largest absolute Gasteiger partial charge is 0.481 e. The van der Waals surface area contributed by atoms with Crippen molar-refractivity contribution in [2.75, 3.05) is 5.75 Å². The second-order valence-electron chi connectivity index (χ2n) is 4.40. The quantitative estimate of drug-likeness (QED) is 0.803. The Morgan fingerprint density at radius 1 is 1.69 bits per heavy atom. The van der Waals surface area contributed by atoms with Gasteiger partial charge in [-0.05, 0) is 32.8 Å². The van der Waals surface area contributed by atoms with Crippen LogP contribution in [-0.4, -0.2) is 26.6 Å². The lowest BCUT2D eigenvalue weighted by molar-refractivity contribution is -0.133. The highest BCUT2D eigenvalue weighted by molar-refractivity contribution is 7.99. The van der Waals surface area contributed by atoms with Crippen LogP contribution in [0.3, 0.4) is 0 Å². The molecule has 5 heteroatoms. The summed E-state index contributed by atoms with van der Waals surface area (Å²) in [5.74, 6) is -0.0682. The molecule has 88 valence electrons. The molecular weight excluding hydrogens is 224 g/mol. The van der Waals surface area contributed by atoms with Crippen LogP contribution in [-0.2, 0) is 4.79 Å². The Morgan fingerprint density at radius 3 is 2.88 bits per heavy atom. The number of nitrogens with zero attached hydrogens (tertiary/aromatic N) is 2. The number of carboxylic acids is 1. The first-order chi connectivity index (χ1) is 7.58. The molecule has 0 radical (unpaired) electrons. The minimum absolute atomic E-state index is 0.0997. The molecular formula is C11H16N2O2S. The molecule has 0 unspecified atom stereocenters. The van der Waals surface area contributed by atoms with Gasteiger partial charge in [-0.15, -0.1) is 0 Å². The van der Waals surface area contributed by atoms with Gasteiger partial charge in [-0.3, -0.25) is 9.48 Å². The van der Waals surface area contributed by atoms with Gasteiger partial charge in [0.2, 0.25) is 0 Å². The normalized spacial score (nSPS) is 15.7. The Labute approximate surface area is 99.0 Å². The minimum Gasteiger partial charge on any atom is -0.481 e. The van der Waals surface area contributed by atoms with E-state index in [2.05, 4.69) is 18.9 Å². The number of thioether (sulfide) groups is 1. The highest BCUT2D eigenvalue weighted by Crippen LogP contribution is 2.40. The van der Waals surface area contributed by atoms with E-state index in [-0.39, 0.29) is 11.8 Å². The number of rotatable bonds is 5. The predicted molar refractivity (Wildman–Crippen MR) is 62.9 cm³/mol. The molecule has 1 aliphatic rings. The standard InChI is InChI=1S/C11H16N2O2S/c1-7(2)13-10(16-6-11(14)15)5-9(12-13)8-3-4-8/h5,7-8H,3-4,6H2,1-2H3,(H,14,15). The maximum absolute atomic E-state index is 10.6. The van der Waals surface area contributed by atoms with E-state index in [0.29, 0.717) is 5.92 Å². The molecule has 0 aromatic carbocycles. The molecule has 16 heavy (non-hydrogen) atoms. The number of aliphatic carboxylic acids is 1. The van der Waals surface area contributed by atoms with Crippen molar-refractivity contribution in [3.05, 3.63) is 11.8 Å². The van der Waals surface area contributed by atoms with Gasteiger partial charge < -0.3 is 5.11 Å². The number of carbonyl (C=O) groups is 1. The third-order valence-corrected chi connectivity index (χ3v) is 3.54. The topological polar surface area (TPSA) is 55.1 Å². The number of aromatic nitrogens is 2. The molecule has 1 aromatic rings. The summed E-state index contributed by atoms with van der Waals surface area (Å²) in [7, 11) is 0. The van der Waals surface area contributed by atoms with Crippen LogP contribution < -0.4 is 0 Å². The lowest BCUT2D eigenvalue weighted by Crippen LogP contribution is -2.06. The maximum Gasteiger partial charge on any atom is 0.313 e. The van der Waals surface area contributed by atoms with Crippen molar-refractivity contribution in [1.82, 2.24) is 9.78 Å². The second-order valence-corrected chi connectivity index (χ2v) is 5.40. The van der Waals surface area contributed by atoms with Crippen LogP contribution in [0.15, 0.2) is 11.1 Å². The lowest BCUT2D eigenvalue weighted by Gasteiger charge is -2.09. The van der Waals surface area contributed by atoms with Crippen molar-refractivity contribution in [3.8, 4) is 0 Å². The molecule has 1 saturated carbocycles. The molecule has 0 atom stereocenters. The summed E-state index contributed by atoms with van der Waals surface area (Å²) in [6.07, 6.45) is 2.44. The van der Waals surface area contributed by atoms with Gasteiger partial charge in [0.25, 0.3) is 0 Å². The zero-order chi connectivity index (χ0) is 11.7. The van der Waals surface area contributed by atoms with Crippen molar-refractivity contribution in [2.45, 2.75) is 43.7 Å². The molecule has 1 aromatic heterocycles. The molecule has 4 nitrogen and oxygen atoms in total. The van der Waals surface area contributed by atoms with Gasteiger partial charge >= 0.3 is 5.97 Å². The molecule has 0 saturated heterocycles. The first-order valence-corrected chi connectivity index (χ1v) is 6.50. The van der Waals surface area contributed by atoms with E-state index < -0.39 is 5.97 Å². The van der Waals surface area contributed by atoms with Gasteiger partial charge in [-0.2, -0.15) is 5.10 Å². The molecule has 0 bridgehead atoms. The predicted octanol–water partition coefficient (Wildman–Crippen LogP) is 2.52. The Bertz CT molecular complexity index is 397. The second kappa shape index (κ2) is 4.49. The molecule has 1 fully saturated rings. The smallest absolute Gasteiger partial charge is 0.313 e. The highest BCUT2D eigenvalue weighted by Gasteiger charge is 2.27. The van der Waals surface area contributed by atoms with E-state index in [4.69, 9.17) is 5.11 Å². The third kappa shape index (κ3) is 2.58. The van der Waals surface area contributed by atoms with Crippen molar-refractivity contribution in [2.24, 2.45) is 0 Å². The van der Waals surface area contributed by atoms with Crippen LogP contribution in [0.5, 0.6) is 0 Å². The Kier molecular flexibility index (Phi) is 3.23. The Morgan fingerprint density at radius 2 is 2.38 bits per heavy atom. The van der Waals surface area contributed by atoms with E-state index in [1.807, 2.05) is 10.7 Å². The van der Waals surface area contributed by atoms with Crippen molar-refractivity contribution >= 4 is 17.7 Å². The molecule has 2 rings (SSSR count). The van der Waals surface area contributed by atoms with Crippen LogP contribution in [0.2, 0.25) is 0 Å². The maximum atomic E-state index is 10.6. The number of hydrogen-bond donors (Lipinski definition) is 1.